The Kier molecular flexibility index (Phi) is 8.48. The van der Waals surface area contributed by atoms with Crippen molar-refractivity contribution >= 4 is 11.9 Å². The van der Waals surface area contributed by atoms with Crippen LogP contribution in [0.15, 0.2) is 89.9 Å². The summed E-state index contributed by atoms with van der Waals surface area (Å²) in [5.41, 5.74) is 2.78. The van der Waals surface area contributed by atoms with Gasteiger partial charge in [-0.05, 0) is 35.4 Å². The van der Waals surface area contributed by atoms with Crippen LogP contribution in [0, 0.1) is 0 Å². The number of rotatable bonds is 11. The maximum absolute atomic E-state index is 12.7. The first-order valence-electron chi connectivity index (χ1n) is 11.4. The number of ether oxygens (including phenoxy) is 5. The lowest BCUT2D eigenvalue weighted by Gasteiger charge is -2.26. The Balaban J connectivity index is 1.52. The summed E-state index contributed by atoms with van der Waals surface area (Å²) in [7, 11) is 2.94. The van der Waals surface area contributed by atoms with Crippen molar-refractivity contribution in [3.63, 3.8) is 0 Å². The molecular weight excluding hydrogens is 446 g/mol. The van der Waals surface area contributed by atoms with Gasteiger partial charge in [-0.15, -0.1) is 0 Å². The summed E-state index contributed by atoms with van der Waals surface area (Å²) in [6, 6.07) is 26.1. The quantitative estimate of drug-likeness (QED) is 0.387. The van der Waals surface area contributed by atoms with Gasteiger partial charge in [-0.1, -0.05) is 60.7 Å². The van der Waals surface area contributed by atoms with E-state index < -0.39 is 24.2 Å². The maximum Gasteiger partial charge on any atom is 0.334 e. The number of benzene rings is 3. The molecule has 3 aromatic rings. The van der Waals surface area contributed by atoms with Crippen LogP contribution >= 0.6 is 0 Å². The zero-order valence-electron chi connectivity index (χ0n) is 19.8. The van der Waals surface area contributed by atoms with Crippen LogP contribution in [0.2, 0.25) is 0 Å². The smallest absolute Gasteiger partial charge is 0.334 e. The topological polar surface area (TPSA) is 75.6 Å². The average Bonchev–Trinajstić information content (AvgIpc) is 3.36. The Morgan fingerprint density at radius 3 is 2.11 bits per heavy atom. The Morgan fingerprint density at radius 2 is 1.51 bits per heavy atom. The summed E-state index contributed by atoms with van der Waals surface area (Å²) in [5, 5.41) is 0. The number of esters is 1. The molecule has 0 amide bonds. The van der Waals surface area contributed by atoms with Crippen LogP contribution in [-0.2, 0) is 37.0 Å². The second-order valence-corrected chi connectivity index (χ2v) is 8.05. The van der Waals surface area contributed by atoms with Crippen LogP contribution in [0.5, 0.6) is 5.75 Å². The summed E-state index contributed by atoms with van der Waals surface area (Å²) in [5.74, 6) is 0.575. The van der Waals surface area contributed by atoms with E-state index >= 15 is 0 Å². The molecule has 1 heterocycles. The summed E-state index contributed by atoms with van der Waals surface area (Å²) in [4.78, 5) is 17.2. The van der Waals surface area contributed by atoms with Crippen molar-refractivity contribution in [2.24, 2.45) is 4.99 Å². The second kappa shape index (κ2) is 12.1. The van der Waals surface area contributed by atoms with Gasteiger partial charge in [0.15, 0.2) is 12.1 Å². The standard InChI is InChI=1S/C28H29NO6/c1-31-23-15-13-22(14-16-23)27-29-25(28(30)32-2)26(35-27)24(34-18-21-11-7-4-8-12-21)19-33-17-20-9-5-3-6-10-20/h3-16,24-26H,17-19H2,1-2H3/t24-,25+,26+/m1/s1. The molecule has 35 heavy (non-hydrogen) atoms. The minimum Gasteiger partial charge on any atom is -0.497 e. The van der Waals surface area contributed by atoms with Crippen molar-refractivity contribution in [1.82, 2.24) is 0 Å². The van der Waals surface area contributed by atoms with Crippen molar-refractivity contribution in [1.29, 1.82) is 0 Å². The van der Waals surface area contributed by atoms with Gasteiger partial charge in [-0.25, -0.2) is 9.79 Å². The van der Waals surface area contributed by atoms with Gasteiger partial charge in [0.2, 0.25) is 5.90 Å². The van der Waals surface area contributed by atoms with Gasteiger partial charge in [0.25, 0.3) is 0 Å². The van der Waals surface area contributed by atoms with Gasteiger partial charge in [-0.3, -0.25) is 0 Å². The van der Waals surface area contributed by atoms with E-state index in [0.29, 0.717) is 24.9 Å². The van der Waals surface area contributed by atoms with Gasteiger partial charge in [0.1, 0.15) is 11.9 Å². The highest BCUT2D eigenvalue weighted by atomic mass is 16.6. The number of hydrogen-bond donors (Lipinski definition) is 0. The zero-order chi connectivity index (χ0) is 24.5. The molecule has 0 N–H and O–H groups in total. The van der Waals surface area contributed by atoms with E-state index in [4.69, 9.17) is 23.7 Å². The molecule has 1 aliphatic rings. The molecule has 3 aromatic carbocycles. The summed E-state index contributed by atoms with van der Waals surface area (Å²) < 4.78 is 28.7. The van der Waals surface area contributed by atoms with Crippen molar-refractivity contribution in [3.8, 4) is 5.75 Å². The van der Waals surface area contributed by atoms with Gasteiger partial charge >= 0.3 is 5.97 Å². The predicted molar refractivity (Wildman–Crippen MR) is 131 cm³/mol. The van der Waals surface area contributed by atoms with E-state index in [9.17, 15) is 4.79 Å². The first kappa shape index (κ1) is 24.4. The third kappa shape index (κ3) is 6.47. The lowest BCUT2D eigenvalue weighted by molar-refractivity contribution is -0.148. The summed E-state index contributed by atoms with van der Waals surface area (Å²) in [6.07, 6.45) is -1.28. The third-order valence-corrected chi connectivity index (χ3v) is 5.66. The highest BCUT2D eigenvalue weighted by Gasteiger charge is 2.43. The molecule has 0 radical (unpaired) electrons. The average molecular weight is 476 g/mol. The molecule has 0 saturated carbocycles. The van der Waals surface area contributed by atoms with E-state index in [1.54, 1.807) is 7.11 Å². The van der Waals surface area contributed by atoms with Crippen LogP contribution < -0.4 is 4.74 Å². The first-order chi connectivity index (χ1) is 17.2. The molecule has 3 atom stereocenters. The fourth-order valence-corrected chi connectivity index (χ4v) is 3.77. The Labute approximate surface area is 205 Å². The van der Waals surface area contributed by atoms with Crippen LogP contribution in [0.3, 0.4) is 0 Å². The molecule has 0 aromatic heterocycles. The minimum absolute atomic E-state index is 0.214. The maximum atomic E-state index is 12.7. The van der Waals surface area contributed by atoms with Gasteiger partial charge in [-0.2, -0.15) is 0 Å². The molecule has 0 spiro atoms. The Bertz CT molecular complexity index is 1100. The predicted octanol–water partition coefficient (Wildman–Crippen LogP) is 4.18. The fraction of sp³-hybridized carbons (Fsp3) is 0.286. The highest BCUT2D eigenvalue weighted by molar-refractivity contribution is 5.98. The molecule has 0 aliphatic carbocycles. The Hall–Kier alpha value is -3.68. The van der Waals surface area contributed by atoms with Crippen molar-refractivity contribution < 1.29 is 28.5 Å². The van der Waals surface area contributed by atoms with E-state index in [0.717, 1.165) is 16.7 Å². The molecule has 1 aliphatic heterocycles. The van der Waals surface area contributed by atoms with Crippen LogP contribution in [-0.4, -0.2) is 50.9 Å². The molecule has 0 bridgehead atoms. The Morgan fingerprint density at radius 1 is 0.886 bits per heavy atom. The molecule has 182 valence electrons. The number of aliphatic imine (C=N–C) groups is 1. The third-order valence-electron chi connectivity index (χ3n) is 5.66. The van der Waals surface area contributed by atoms with Crippen molar-refractivity contribution in [3.05, 3.63) is 102 Å². The van der Waals surface area contributed by atoms with Gasteiger partial charge < -0.3 is 23.7 Å². The van der Waals surface area contributed by atoms with E-state index in [2.05, 4.69) is 4.99 Å². The SMILES string of the molecule is COC(=O)[C@H]1N=C(c2ccc(OC)cc2)O[C@H]1[C@@H](COCc1ccccc1)OCc1ccccc1. The number of carbonyl (C=O) groups is 1. The lowest BCUT2D eigenvalue weighted by Crippen LogP contribution is -2.44. The molecule has 4 rings (SSSR count). The number of hydrogen-bond acceptors (Lipinski definition) is 7. The van der Waals surface area contributed by atoms with Crippen molar-refractivity contribution in [2.75, 3.05) is 20.8 Å². The number of nitrogens with zero attached hydrogens (tertiary/aromatic N) is 1. The van der Waals surface area contributed by atoms with Crippen LogP contribution in [0.25, 0.3) is 0 Å². The van der Waals surface area contributed by atoms with Gasteiger partial charge in [0.05, 0.1) is 34.0 Å². The van der Waals surface area contributed by atoms with Crippen molar-refractivity contribution in [2.45, 2.75) is 31.5 Å². The zero-order valence-corrected chi connectivity index (χ0v) is 19.8. The van der Waals surface area contributed by atoms with Crippen LogP contribution in [0.1, 0.15) is 16.7 Å². The largest absolute Gasteiger partial charge is 0.497 e. The normalized spacial score (nSPS) is 17.8. The highest BCUT2D eigenvalue weighted by Crippen LogP contribution is 2.26. The molecule has 7 nitrogen and oxygen atoms in total. The molecule has 0 fully saturated rings. The fourth-order valence-electron chi connectivity index (χ4n) is 3.77. The molecule has 0 unspecified atom stereocenters. The van der Waals surface area contributed by atoms with Crippen LogP contribution in [0.4, 0.5) is 0 Å². The number of carbonyl (C=O) groups excluding carboxylic acids is 1. The monoisotopic (exact) mass is 475 g/mol. The first-order valence-corrected chi connectivity index (χ1v) is 11.4. The molecular formula is C28H29NO6. The van der Waals surface area contributed by atoms with E-state index in [-0.39, 0.29) is 6.61 Å². The van der Waals surface area contributed by atoms with Gasteiger partial charge in [0, 0.05) is 5.56 Å². The molecule has 7 heteroatoms. The summed E-state index contributed by atoms with van der Waals surface area (Å²) >= 11 is 0. The molecule has 0 saturated heterocycles. The minimum atomic E-state index is -0.877. The second-order valence-electron chi connectivity index (χ2n) is 8.05. The van der Waals surface area contributed by atoms with E-state index in [1.165, 1.54) is 7.11 Å². The number of methoxy groups -OCH3 is 2. The lowest BCUT2D eigenvalue weighted by atomic mass is 10.1. The van der Waals surface area contributed by atoms with E-state index in [1.807, 2.05) is 84.9 Å². The summed E-state index contributed by atoms with van der Waals surface area (Å²) in [6.45, 7) is 0.963.